The molecule has 0 bridgehead atoms. The first-order valence-electron chi connectivity index (χ1n) is 7.05. The minimum absolute atomic E-state index is 0.0270. The van der Waals surface area contributed by atoms with Crippen LogP contribution in [0.4, 0.5) is 0 Å². The van der Waals surface area contributed by atoms with Gasteiger partial charge in [0.15, 0.2) is 0 Å². The van der Waals surface area contributed by atoms with Gasteiger partial charge >= 0.3 is 0 Å². The second-order valence-electron chi connectivity index (χ2n) is 5.09. The quantitative estimate of drug-likeness (QED) is 0.881. The van der Waals surface area contributed by atoms with Crippen LogP contribution in [0.3, 0.4) is 0 Å². The maximum atomic E-state index is 12.3. The summed E-state index contributed by atoms with van der Waals surface area (Å²) in [5.74, 6) is -0.144. The lowest BCUT2D eigenvalue weighted by Crippen LogP contribution is -2.43. The van der Waals surface area contributed by atoms with Crippen LogP contribution in [-0.4, -0.2) is 48.1 Å². The first-order chi connectivity index (χ1) is 10.1. The fourth-order valence-electron chi connectivity index (χ4n) is 2.44. The Hall–Kier alpha value is -1.59. The van der Waals surface area contributed by atoms with Crippen molar-refractivity contribution in [2.24, 2.45) is 5.92 Å². The zero-order chi connectivity index (χ0) is 15.2. The van der Waals surface area contributed by atoms with E-state index in [1.807, 2.05) is 0 Å². The third-order valence-electron chi connectivity index (χ3n) is 3.66. The molecule has 114 valence electrons. The molecule has 0 aromatic heterocycles. The zero-order valence-electron chi connectivity index (χ0n) is 11.7. The molecule has 5 nitrogen and oxygen atoms in total. The van der Waals surface area contributed by atoms with Crippen molar-refractivity contribution < 1.29 is 14.7 Å². The van der Waals surface area contributed by atoms with Crippen molar-refractivity contribution in [2.45, 2.75) is 12.8 Å². The molecule has 0 aliphatic carbocycles. The first kappa shape index (κ1) is 15.8. The van der Waals surface area contributed by atoms with Crippen molar-refractivity contribution >= 4 is 23.4 Å². The number of halogens is 1. The van der Waals surface area contributed by atoms with Crippen molar-refractivity contribution in [3.8, 4) is 0 Å². The topological polar surface area (TPSA) is 69.6 Å². The Balaban J connectivity index is 1.87. The summed E-state index contributed by atoms with van der Waals surface area (Å²) < 4.78 is 0. The third kappa shape index (κ3) is 4.19. The van der Waals surface area contributed by atoms with Crippen LogP contribution in [0.5, 0.6) is 0 Å². The summed E-state index contributed by atoms with van der Waals surface area (Å²) in [6.07, 6.45) is 1.30. The summed E-state index contributed by atoms with van der Waals surface area (Å²) in [6.45, 7) is 1.36. The van der Waals surface area contributed by atoms with Gasteiger partial charge in [0.2, 0.25) is 5.91 Å². The standard InChI is InChI=1S/C15H19ClN2O3/c16-13-3-1-12(2-4-13)15(21)18-8-5-11(6-9-18)14(20)17-7-10-19/h1-4,11,19H,5-10H2,(H,17,20). The minimum atomic E-state index is -0.0779. The molecular weight excluding hydrogens is 292 g/mol. The molecule has 1 saturated heterocycles. The second kappa shape index (κ2) is 7.43. The van der Waals surface area contributed by atoms with E-state index in [0.29, 0.717) is 36.5 Å². The van der Waals surface area contributed by atoms with E-state index in [4.69, 9.17) is 16.7 Å². The van der Waals surface area contributed by atoms with Gasteiger partial charge in [-0.05, 0) is 37.1 Å². The van der Waals surface area contributed by atoms with Gasteiger partial charge in [-0.15, -0.1) is 0 Å². The summed E-state index contributed by atoms with van der Waals surface area (Å²) in [5, 5.41) is 12.0. The maximum absolute atomic E-state index is 12.3. The van der Waals surface area contributed by atoms with Crippen molar-refractivity contribution in [3.63, 3.8) is 0 Å². The van der Waals surface area contributed by atoms with Gasteiger partial charge < -0.3 is 15.3 Å². The smallest absolute Gasteiger partial charge is 0.253 e. The fraction of sp³-hybridized carbons (Fsp3) is 0.467. The number of aliphatic hydroxyl groups is 1. The molecule has 1 aliphatic rings. The molecular formula is C15H19ClN2O3. The molecule has 1 aromatic carbocycles. The van der Waals surface area contributed by atoms with E-state index in [-0.39, 0.29) is 30.9 Å². The number of hydrogen-bond donors (Lipinski definition) is 2. The van der Waals surface area contributed by atoms with E-state index in [2.05, 4.69) is 5.32 Å². The van der Waals surface area contributed by atoms with Crippen LogP contribution in [0, 0.1) is 5.92 Å². The molecule has 1 fully saturated rings. The molecule has 1 heterocycles. The number of carbonyl (C=O) groups excluding carboxylic acids is 2. The molecule has 2 rings (SSSR count). The summed E-state index contributed by atoms with van der Waals surface area (Å²) in [7, 11) is 0. The van der Waals surface area contributed by atoms with E-state index in [9.17, 15) is 9.59 Å². The lowest BCUT2D eigenvalue weighted by atomic mass is 9.95. The number of nitrogens with one attached hydrogen (secondary N) is 1. The average Bonchev–Trinajstić information content (AvgIpc) is 2.53. The second-order valence-corrected chi connectivity index (χ2v) is 5.52. The highest BCUT2D eigenvalue weighted by atomic mass is 35.5. The number of likely N-dealkylation sites (tertiary alicyclic amines) is 1. The number of nitrogens with zero attached hydrogens (tertiary/aromatic N) is 1. The Morgan fingerprint density at radius 1 is 1.24 bits per heavy atom. The van der Waals surface area contributed by atoms with Gasteiger partial charge in [-0.1, -0.05) is 11.6 Å². The molecule has 0 saturated carbocycles. The van der Waals surface area contributed by atoms with Crippen LogP contribution >= 0.6 is 11.6 Å². The molecule has 0 spiro atoms. The number of piperidine rings is 1. The normalized spacial score (nSPS) is 15.8. The Morgan fingerprint density at radius 2 is 1.86 bits per heavy atom. The van der Waals surface area contributed by atoms with Crippen molar-refractivity contribution in [3.05, 3.63) is 34.9 Å². The summed E-state index contributed by atoms with van der Waals surface area (Å²) in [6, 6.07) is 6.82. The largest absolute Gasteiger partial charge is 0.395 e. The van der Waals surface area contributed by atoms with Gasteiger partial charge in [0.25, 0.3) is 5.91 Å². The summed E-state index contributed by atoms with van der Waals surface area (Å²) >= 11 is 5.81. The summed E-state index contributed by atoms with van der Waals surface area (Å²) in [4.78, 5) is 25.9. The molecule has 0 unspecified atom stereocenters. The molecule has 0 atom stereocenters. The van der Waals surface area contributed by atoms with Crippen LogP contribution in [0.15, 0.2) is 24.3 Å². The number of benzene rings is 1. The number of carbonyl (C=O) groups is 2. The van der Waals surface area contributed by atoms with Crippen LogP contribution < -0.4 is 5.32 Å². The fourth-order valence-corrected chi connectivity index (χ4v) is 2.57. The van der Waals surface area contributed by atoms with Crippen molar-refractivity contribution in [1.29, 1.82) is 0 Å². The highest BCUT2D eigenvalue weighted by Gasteiger charge is 2.27. The highest BCUT2D eigenvalue weighted by molar-refractivity contribution is 6.30. The monoisotopic (exact) mass is 310 g/mol. The molecule has 21 heavy (non-hydrogen) atoms. The van der Waals surface area contributed by atoms with E-state index in [1.54, 1.807) is 29.2 Å². The van der Waals surface area contributed by atoms with Gasteiger partial charge in [0, 0.05) is 36.1 Å². The number of amides is 2. The van der Waals surface area contributed by atoms with Gasteiger partial charge in [0.1, 0.15) is 0 Å². The highest BCUT2D eigenvalue weighted by Crippen LogP contribution is 2.20. The molecule has 2 amide bonds. The molecule has 6 heteroatoms. The molecule has 1 aliphatic heterocycles. The summed E-state index contributed by atoms with van der Waals surface area (Å²) in [5.41, 5.74) is 0.614. The van der Waals surface area contributed by atoms with Crippen LogP contribution in [0.1, 0.15) is 23.2 Å². The lowest BCUT2D eigenvalue weighted by molar-refractivity contribution is -0.126. The van der Waals surface area contributed by atoms with Crippen LogP contribution in [0.25, 0.3) is 0 Å². The lowest BCUT2D eigenvalue weighted by Gasteiger charge is -2.31. The zero-order valence-corrected chi connectivity index (χ0v) is 12.5. The predicted octanol–water partition coefficient (Wildman–Crippen LogP) is 1.30. The van der Waals surface area contributed by atoms with Crippen molar-refractivity contribution in [2.75, 3.05) is 26.2 Å². The Morgan fingerprint density at radius 3 is 2.43 bits per heavy atom. The Labute approximate surface area is 128 Å². The molecule has 2 N–H and O–H groups in total. The molecule has 1 aromatic rings. The SMILES string of the molecule is O=C(NCCO)C1CCN(C(=O)c2ccc(Cl)cc2)CC1. The maximum Gasteiger partial charge on any atom is 0.253 e. The number of rotatable bonds is 4. The van der Waals surface area contributed by atoms with Gasteiger partial charge in [0.05, 0.1) is 6.61 Å². The minimum Gasteiger partial charge on any atom is -0.395 e. The van der Waals surface area contributed by atoms with Crippen LogP contribution in [-0.2, 0) is 4.79 Å². The van der Waals surface area contributed by atoms with Gasteiger partial charge in [-0.25, -0.2) is 0 Å². The average molecular weight is 311 g/mol. The van der Waals surface area contributed by atoms with Crippen molar-refractivity contribution in [1.82, 2.24) is 10.2 Å². The molecule has 0 radical (unpaired) electrons. The Kier molecular flexibility index (Phi) is 5.59. The van der Waals surface area contributed by atoms with Gasteiger partial charge in [-0.3, -0.25) is 9.59 Å². The number of aliphatic hydroxyl groups excluding tert-OH is 1. The van der Waals surface area contributed by atoms with E-state index in [0.717, 1.165) is 0 Å². The first-order valence-corrected chi connectivity index (χ1v) is 7.43. The van der Waals surface area contributed by atoms with Gasteiger partial charge in [-0.2, -0.15) is 0 Å². The van der Waals surface area contributed by atoms with E-state index >= 15 is 0 Å². The third-order valence-corrected chi connectivity index (χ3v) is 3.91. The van der Waals surface area contributed by atoms with Crippen LogP contribution in [0.2, 0.25) is 5.02 Å². The number of hydrogen-bond acceptors (Lipinski definition) is 3. The Bertz CT molecular complexity index is 496. The van der Waals surface area contributed by atoms with E-state index < -0.39 is 0 Å². The van der Waals surface area contributed by atoms with E-state index in [1.165, 1.54) is 0 Å². The predicted molar refractivity (Wildman–Crippen MR) is 80.2 cm³/mol.